The van der Waals surface area contributed by atoms with E-state index < -0.39 is 0 Å². The molecule has 0 aliphatic rings. The van der Waals surface area contributed by atoms with E-state index in [2.05, 4.69) is 131 Å². The molecule has 0 aliphatic carbocycles. The highest BCUT2D eigenvalue weighted by atomic mass is 79.9. The summed E-state index contributed by atoms with van der Waals surface area (Å²) in [6, 6.07) is 54.5. The Labute approximate surface area is 265 Å². The van der Waals surface area contributed by atoms with Gasteiger partial charge in [0.15, 0.2) is 0 Å². The summed E-state index contributed by atoms with van der Waals surface area (Å²) in [4.78, 5) is 9.99. The number of nitro groups is 1. The predicted octanol–water partition coefficient (Wildman–Crippen LogP) is 10.6. The molecule has 0 saturated heterocycles. The van der Waals surface area contributed by atoms with Gasteiger partial charge in [-0.05, 0) is 56.7 Å². The minimum atomic E-state index is -0.378. The van der Waals surface area contributed by atoms with Crippen molar-refractivity contribution in [3.05, 3.63) is 202 Å². The lowest BCUT2D eigenvalue weighted by Crippen LogP contribution is -1.97. The van der Waals surface area contributed by atoms with E-state index in [-0.39, 0.29) is 16.4 Å². The summed E-state index contributed by atoms with van der Waals surface area (Å²) in [7, 11) is 0. The number of alkyl halides is 1. The molecule has 216 valence electrons. The monoisotopic (exact) mass is 639 g/mol. The minimum Gasteiger partial charge on any atom is -0.508 e. The second kappa shape index (κ2) is 14.8. The van der Waals surface area contributed by atoms with Crippen molar-refractivity contribution in [1.29, 1.82) is 0 Å². The molecule has 0 saturated carbocycles. The molecular formula is C39H30BrNO3. The minimum absolute atomic E-state index is 0.171. The molecular weight excluding hydrogens is 610 g/mol. The smallest absolute Gasteiger partial charge is 0.273 e. The lowest BCUT2D eigenvalue weighted by Gasteiger charge is -2.18. The molecule has 0 radical (unpaired) electrons. The summed E-state index contributed by atoms with van der Waals surface area (Å²) in [6.07, 6.45) is 0. The van der Waals surface area contributed by atoms with E-state index in [1.54, 1.807) is 30.3 Å². The van der Waals surface area contributed by atoms with Gasteiger partial charge in [-0.1, -0.05) is 162 Å². The normalized spacial score (nSPS) is 10.3. The van der Waals surface area contributed by atoms with Crippen LogP contribution in [-0.4, -0.2) is 10.0 Å². The van der Waals surface area contributed by atoms with E-state index in [4.69, 9.17) is 0 Å². The Morgan fingerprint density at radius 3 is 1.27 bits per heavy atom. The summed E-state index contributed by atoms with van der Waals surface area (Å²) in [6.45, 7) is 0. The molecule has 0 aromatic heterocycles. The van der Waals surface area contributed by atoms with Crippen molar-refractivity contribution < 1.29 is 10.0 Å². The Balaban J connectivity index is 0.000000296. The van der Waals surface area contributed by atoms with Crippen molar-refractivity contribution in [2.45, 2.75) is 5.33 Å². The average Bonchev–Trinajstić information content (AvgIpc) is 3.09. The summed E-state index contributed by atoms with van der Waals surface area (Å²) >= 11 is 3.17. The van der Waals surface area contributed by atoms with Crippen LogP contribution in [0.1, 0.15) is 27.8 Å². The maximum atomic E-state index is 10.4. The fraction of sp³-hybridized carbons (Fsp3) is 0.0256. The molecule has 0 spiro atoms. The van der Waals surface area contributed by atoms with Crippen molar-refractivity contribution in [2.24, 2.45) is 0 Å². The molecule has 0 aliphatic heterocycles. The van der Waals surface area contributed by atoms with E-state index in [1.807, 2.05) is 12.1 Å². The molecule has 6 rings (SSSR count). The average molecular weight is 641 g/mol. The second-order valence-electron chi connectivity index (χ2n) is 9.99. The summed E-state index contributed by atoms with van der Waals surface area (Å²) < 4.78 is 0. The van der Waals surface area contributed by atoms with E-state index in [1.165, 1.54) is 33.9 Å². The first-order chi connectivity index (χ1) is 21.5. The van der Waals surface area contributed by atoms with Gasteiger partial charge in [-0.25, -0.2) is 0 Å². The number of rotatable bonds is 7. The predicted molar refractivity (Wildman–Crippen MR) is 184 cm³/mol. The molecule has 6 aromatic rings. The van der Waals surface area contributed by atoms with E-state index in [0.717, 1.165) is 16.7 Å². The number of para-hydroxylation sites is 1. The van der Waals surface area contributed by atoms with Gasteiger partial charge in [0, 0.05) is 17.0 Å². The summed E-state index contributed by atoms with van der Waals surface area (Å²) in [5.41, 5.74) is 10.2. The summed E-state index contributed by atoms with van der Waals surface area (Å²) in [5.74, 6) is 0.278. The molecule has 0 unspecified atom stereocenters. The highest BCUT2D eigenvalue weighted by Gasteiger charge is 2.16. The van der Waals surface area contributed by atoms with Gasteiger partial charge in [0.25, 0.3) is 5.69 Å². The van der Waals surface area contributed by atoms with Crippen LogP contribution in [-0.2, 0) is 5.33 Å². The number of hydrogen-bond donors (Lipinski definition) is 1. The Morgan fingerprint density at radius 2 is 0.886 bits per heavy atom. The van der Waals surface area contributed by atoms with Gasteiger partial charge in [0.2, 0.25) is 0 Å². The number of phenols is 1. The lowest BCUT2D eigenvalue weighted by atomic mass is 9.85. The standard InChI is InChI=1S/C32H24O.C7H6BrNO2/c33-30-22-20-25(21-23-30)24-16-18-29(19-17-24)32(28-14-8-3-9-15-28)31(26-10-4-1-5-11-26)27-12-6-2-7-13-27;8-5-6-3-1-2-4-7(6)9(10)11/h1-23,33H;1-4H,5H2. The number of nitro benzene ring substituents is 1. The Morgan fingerprint density at radius 1 is 0.523 bits per heavy atom. The quantitative estimate of drug-likeness (QED) is 0.0818. The van der Waals surface area contributed by atoms with Gasteiger partial charge >= 0.3 is 0 Å². The zero-order valence-electron chi connectivity index (χ0n) is 23.9. The Bertz CT molecular complexity index is 1790. The first-order valence-corrected chi connectivity index (χ1v) is 15.3. The van der Waals surface area contributed by atoms with Gasteiger partial charge in [0.1, 0.15) is 5.75 Å². The topological polar surface area (TPSA) is 63.4 Å². The largest absolute Gasteiger partial charge is 0.508 e. The SMILES string of the molecule is O=[N+]([O-])c1ccccc1CBr.Oc1ccc(-c2ccc(C(=C(c3ccccc3)c3ccccc3)c3ccccc3)cc2)cc1. The molecule has 44 heavy (non-hydrogen) atoms. The molecule has 0 bridgehead atoms. The van der Waals surface area contributed by atoms with Gasteiger partial charge in [-0.15, -0.1) is 0 Å². The third-order valence-electron chi connectivity index (χ3n) is 7.14. The number of halogens is 1. The van der Waals surface area contributed by atoms with Crippen molar-refractivity contribution >= 4 is 32.8 Å². The number of phenolic OH excluding ortho intramolecular Hbond substituents is 1. The molecule has 0 fully saturated rings. The molecule has 0 heterocycles. The summed E-state index contributed by atoms with van der Waals surface area (Å²) in [5, 5.41) is 20.5. The van der Waals surface area contributed by atoms with Crippen LogP contribution in [0.25, 0.3) is 22.3 Å². The van der Waals surface area contributed by atoms with Gasteiger partial charge in [-0.2, -0.15) is 0 Å². The Hall–Kier alpha value is -5.26. The molecule has 4 nitrogen and oxygen atoms in total. The maximum Gasteiger partial charge on any atom is 0.273 e. The van der Waals surface area contributed by atoms with Crippen molar-refractivity contribution in [2.75, 3.05) is 0 Å². The first-order valence-electron chi connectivity index (χ1n) is 14.1. The molecule has 1 N–H and O–H groups in total. The zero-order valence-corrected chi connectivity index (χ0v) is 25.5. The van der Waals surface area contributed by atoms with Gasteiger partial charge in [0.05, 0.1) is 4.92 Å². The number of hydrogen-bond acceptors (Lipinski definition) is 3. The molecule has 0 atom stereocenters. The van der Waals surface area contributed by atoms with E-state index >= 15 is 0 Å². The highest BCUT2D eigenvalue weighted by molar-refractivity contribution is 9.08. The first kappa shape index (κ1) is 30.2. The van der Waals surface area contributed by atoms with Crippen LogP contribution in [0.2, 0.25) is 0 Å². The number of benzene rings is 6. The third-order valence-corrected chi connectivity index (χ3v) is 7.75. The van der Waals surface area contributed by atoms with Crippen LogP contribution in [0.5, 0.6) is 5.75 Å². The van der Waals surface area contributed by atoms with Gasteiger partial charge in [-0.3, -0.25) is 10.1 Å². The van der Waals surface area contributed by atoms with Crippen molar-refractivity contribution in [3.8, 4) is 16.9 Å². The highest BCUT2D eigenvalue weighted by Crippen LogP contribution is 2.37. The molecule has 0 amide bonds. The fourth-order valence-electron chi connectivity index (χ4n) is 5.01. The second-order valence-corrected chi connectivity index (χ2v) is 10.6. The van der Waals surface area contributed by atoms with Gasteiger partial charge < -0.3 is 5.11 Å². The van der Waals surface area contributed by atoms with Crippen molar-refractivity contribution in [3.63, 3.8) is 0 Å². The van der Waals surface area contributed by atoms with Crippen LogP contribution >= 0.6 is 15.9 Å². The van der Waals surface area contributed by atoms with Crippen LogP contribution < -0.4 is 0 Å². The Kier molecular flexibility index (Phi) is 10.1. The molecule has 6 aromatic carbocycles. The van der Waals surface area contributed by atoms with Crippen LogP contribution in [0.4, 0.5) is 5.69 Å². The van der Waals surface area contributed by atoms with E-state index in [9.17, 15) is 15.2 Å². The third kappa shape index (κ3) is 7.38. The molecule has 5 heteroatoms. The number of aromatic hydroxyl groups is 1. The number of nitrogens with zero attached hydrogens (tertiary/aromatic N) is 1. The zero-order chi connectivity index (χ0) is 30.7. The van der Waals surface area contributed by atoms with Crippen molar-refractivity contribution in [1.82, 2.24) is 0 Å². The van der Waals surface area contributed by atoms with E-state index in [0.29, 0.717) is 10.9 Å². The lowest BCUT2D eigenvalue weighted by molar-refractivity contribution is -0.385. The fourth-order valence-corrected chi connectivity index (χ4v) is 5.48. The van der Waals surface area contributed by atoms with Crippen LogP contribution in [0.3, 0.4) is 0 Å². The van der Waals surface area contributed by atoms with Crippen LogP contribution in [0.15, 0.2) is 164 Å². The van der Waals surface area contributed by atoms with Crippen LogP contribution in [0, 0.1) is 10.1 Å². The maximum absolute atomic E-state index is 10.4.